The number of benzene rings is 7. The number of aryl methyl sites for hydroxylation is 4. The molecule has 0 fully saturated rings. The highest BCUT2D eigenvalue weighted by molar-refractivity contribution is 6.13. The van der Waals surface area contributed by atoms with Crippen LogP contribution in [0.4, 0.5) is 0 Å². The normalized spacial score (nSPS) is 11.6. The fraction of sp³-hybridized carbons (Fsp3) is 0.0769. The van der Waals surface area contributed by atoms with Gasteiger partial charge in [0, 0.05) is 39.5 Å². The van der Waals surface area contributed by atoms with Crippen molar-refractivity contribution in [2.75, 3.05) is 0 Å². The minimum atomic E-state index is 0.600. The van der Waals surface area contributed by atoms with Crippen molar-refractivity contribution >= 4 is 43.6 Å². The van der Waals surface area contributed by atoms with Crippen LogP contribution in [-0.4, -0.2) is 14.1 Å². The second kappa shape index (κ2) is 13.0. The highest BCUT2D eigenvalue weighted by atomic mass is 15.1. The lowest BCUT2D eigenvalue weighted by molar-refractivity contribution is 1.09. The smallest absolute Gasteiger partial charge is 0.0998 e. The molecule has 4 nitrogen and oxygen atoms in total. The average molecular weight is 719 g/mol. The molecule has 3 heterocycles. The fourth-order valence-electron chi connectivity index (χ4n) is 8.90. The molecule has 0 aliphatic carbocycles. The Morgan fingerprint density at radius 1 is 0.411 bits per heavy atom. The summed E-state index contributed by atoms with van der Waals surface area (Å²) in [7, 11) is 0. The van der Waals surface area contributed by atoms with E-state index in [9.17, 15) is 5.26 Å². The second-order valence-corrected chi connectivity index (χ2v) is 15.2. The van der Waals surface area contributed by atoms with Crippen LogP contribution in [0.3, 0.4) is 0 Å². The molecule has 0 saturated carbocycles. The standard InChI is InChI=1S/C52H38N4/c1-32-21-33(2)24-39(23-32)37-13-15-44-42-9-5-7-11-47(42)55(49(44)27-37)51-29-41(31-53)46(36-17-19-54-20-18-36)30-52(51)56-48-12-8-6-10-43(48)45-16-14-38(28-50(45)56)40-25-34(3)22-35(4)26-40/h5-30H,1-4H3. The first kappa shape index (κ1) is 33.4. The molecule has 7 aromatic carbocycles. The Morgan fingerprint density at radius 3 is 1.34 bits per heavy atom. The SMILES string of the molecule is Cc1cc(C)cc(-c2ccc3c4ccccc4n(-c4cc(C#N)c(-c5ccncc5)cc4-n4c5ccccc5c5ccc(-c6cc(C)cc(C)c6)cc54)c3c2)c1. The van der Waals surface area contributed by atoms with Crippen molar-refractivity contribution in [1.29, 1.82) is 5.26 Å². The van der Waals surface area contributed by atoms with E-state index in [1.165, 1.54) is 44.2 Å². The van der Waals surface area contributed by atoms with Gasteiger partial charge in [0.15, 0.2) is 0 Å². The number of nitriles is 1. The molecule has 0 saturated heterocycles. The van der Waals surface area contributed by atoms with E-state index >= 15 is 0 Å². The first-order chi connectivity index (χ1) is 27.3. The maximum Gasteiger partial charge on any atom is 0.0998 e. The minimum Gasteiger partial charge on any atom is -0.307 e. The van der Waals surface area contributed by atoms with Gasteiger partial charge < -0.3 is 9.13 Å². The molecule has 10 aromatic rings. The molecule has 10 rings (SSSR count). The lowest BCUT2D eigenvalue weighted by atomic mass is 9.98. The maximum atomic E-state index is 10.9. The summed E-state index contributed by atoms with van der Waals surface area (Å²) >= 11 is 0. The number of nitrogens with zero attached hydrogens (tertiary/aromatic N) is 4. The van der Waals surface area contributed by atoms with E-state index in [1.54, 1.807) is 12.4 Å². The van der Waals surface area contributed by atoms with E-state index in [0.717, 1.165) is 66.5 Å². The third kappa shape index (κ3) is 5.40. The third-order valence-electron chi connectivity index (χ3n) is 11.2. The van der Waals surface area contributed by atoms with Gasteiger partial charge in [0.2, 0.25) is 0 Å². The lowest BCUT2D eigenvalue weighted by Gasteiger charge is -2.20. The van der Waals surface area contributed by atoms with Crippen molar-refractivity contribution in [2.45, 2.75) is 27.7 Å². The quantitative estimate of drug-likeness (QED) is 0.178. The van der Waals surface area contributed by atoms with Crippen molar-refractivity contribution in [2.24, 2.45) is 0 Å². The van der Waals surface area contributed by atoms with E-state index in [1.807, 2.05) is 12.1 Å². The van der Waals surface area contributed by atoms with Crippen molar-refractivity contribution in [3.63, 3.8) is 0 Å². The van der Waals surface area contributed by atoms with Gasteiger partial charge >= 0.3 is 0 Å². The minimum absolute atomic E-state index is 0.600. The van der Waals surface area contributed by atoms with Crippen molar-refractivity contribution in [1.82, 2.24) is 14.1 Å². The molecule has 0 aliphatic rings. The van der Waals surface area contributed by atoms with Crippen LogP contribution >= 0.6 is 0 Å². The summed E-state index contributed by atoms with van der Waals surface area (Å²) in [4.78, 5) is 4.31. The highest BCUT2D eigenvalue weighted by Gasteiger charge is 2.23. The zero-order valence-electron chi connectivity index (χ0n) is 31.8. The summed E-state index contributed by atoms with van der Waals surface area (Å²) in [6, 6.07) is 55.3. The molecular formula is C52H38N4. The van der Waals surface area contributed by atoms with E-state index in [0.29, 0.717) is 5.56 Å². The van der Waals surface area contributed by atoms with E-state index in [4.69, 9.17) is 0 Å². The summed E-state index contributed by atoms with van der Waals surface area (Å²) in [5.41, 5.74) is 18.3. The summed E-state index contributed by atoms with van der Waals surface area (Å²) in [6.07, 6.45) is 3.59. The van der Waals surface area contributed by atoms with Crippen molar-refractivity contribution < 1.29 is 0 Å². The molecule has 0 spiro atoms. The van der Waals surface area contributed by atoms with Crippen LogP contribution in [0.2, 0.25) is 0 Å². The predicted molar refractivity (Wildman–Crippen MR) is 233 cm³/mol. The molecule has 3 aromatic heterocycles. The van der Waals surface area contributed by atoms with Gasteiger partial charge in [0.1, 0.15) is 0 Å². The van der Waals surface area contributed by atoms with E-state index < -0.39 is 0 Å². The molecule has 0 aliphatic heterocycles. The van der Waals surface area contributed by atoms with Gasteiger partial charge in [-0.3, -0.25) is 4.98 Å². The van der Waals surface area contributed by atoms with Crippen molar-refractivity contribution in [3.8, 4) is 50.8 Å². The lowest BCUT2D eigenvalue weighted by Crippen LogP contribution is -2.05. The van der Waals surface area contributed by atoms with Crippen molar-refractivity contribution in [3.05, 3.63) is 186 Å². The van der Waals surface area contributed by atoms with Crippen LogP contribution in [-0.2, 0) is 0 Å². The molecular weight excluding hydrogens is 681 g/mol. The summed E-state index contributed by atoms with van der Waals surface area (Å²) < 4.78 is 4.78. The first-order valence-electron chi connectivity index (χ1n) is 19.1. The summed E-state index contributed by atoms with van der Waals surface area (Å²) in [5, 5.41) is 15.5. The fourth-order valence-corrected chi connectivity index (χ4v) is 8.90. The zero-order chi connectivity index (χ0) is 38.1. The molecule has 0 atom stereocenters. The molecule has 266 valence electrons. The first-order valence-corrected chi connectivity index (χ1v) is 19.1. The Balaban J connectivity index is 1.35. The number of aromatic nitrogens is 3. The van der Waals surface area contributed by atoms with E-state index in [2.05, 4.69) is 181 Å². The second-order valence-electron chi connectivity index (χ2n) is 15.2. The summed E-state index contributed by atoms with van der Waals surface area (Å²) in [5.74, 6) is 0. The van der Waals surface area contributed by atoms with Gasteiger partial charge in [-0.1, -0.05) is 119 Å². The van der Waals surface area contributed by atoms with Gasteiger partial charge in [-0.05, 0) is 104 Å². The predicted octanol–water partition coefficient (Wildman–Crippen LogP) is 13.4. The number of hydrogen-bond acceptors (Lipinski definition) is 2. The van der Waals surface area contributed by atoms with Gasteiger partial charge in [0.05, 0.1) is 45.1 Å². The molecule has 0 bridgehead atoms. The summed E-state index contributed by atoms with van der Waals surface area (Å²) in [6.45, 7) is 8.63. The molecule has 4 heteroatoms. The van der Waals surface area contributed by atoms with Crippen LogP contribution in [0.5, 0.6) is 0 Å². The number of rotatable bonds is 5. The molecule has 0 unspecified atom stereocenters. The molecule has 0 radical (unpaired) electrons. The largest absolute Gasteiger partial charge is 0.307 e. The Hall–Kier alpha value is -7.22. The number of hydrogen-bond donors (Lipinski definition) is 0. The van der Waals surface area contributed by atoms with Gasteiger partial charge in [-0.25, -0.2) is 0 Å². The molecule has 0 N–H and O–H groups in total. The number of pyridine rings is 1. The Labute approximate surface area is 326 Å². The van der Waals surface area contributed by atoms with Gasteiger partial charge in [-0.15, -0.1) is 0 Å². The van der Waals surface area contributed by atoms with Crippen LogP contribution < -0.4 is 0 Å². The number of fused-ring (bicyclic) bond motifs is 6. The molecule has 56 heavy (non-hydrogen) atoms. The Bertz CT molecular complexity index is 3200. The van der Waals surface area contributed by atoms with E-state index in [-0.39, 0.29) is 0 Å². The average Bonchev–Trinajstić information content (AvgIpc) is 3.72. The van der Waals surface area contributed by atoms with Gasteiger partial charge in [0.25, 0.3) is 0 Å². The zero-order valence-corrected chi connectivity index (χ0v) is 31.8. The van der Waals surface area contributed by atoms with Gasteiger partial charge in [-0.2, -0.15) is 5.26 Å². The topological polar surface area (TPSA) is 46.5 Å². The number of para-hydroxylation sites is 2. The monoisotopic (exact) mass is 718 g/mol. The Morgan fingerprint density at radius 2 is 0.857 bits per heavy atom. The van der Waals surface area contributed by atoms with Crippen LogP contribution in [0, 0.1) is 39.0 Å². The Kier molecular flexibility index (Phi) is 7.73. The van der Waals surface area contributed by atoms with Crippen LogP contribution in [0.1, 0.15) is 27.8 Å². The molecule has 0 amide bonds. The third-order valence-corrected chi connectivity index (χ3v) is 11.2. The highest BCUT2D eigenvalue weighted by Crippen LogP contribution is 2.42. The van der Waals surface area contributed by atoms with Crippen LogP contribution in [0.25, 0.3) is 88.4 Å². The van der Waals surface area contributed by atoms with Crippen LogP contribution in [0.15, 0.2) is 158 Å². The maximum absolute atomic E-state index is 10.9.